The Labute approximate surface area is 112 Å². The van der Waals surface area contributed by atoms with E-state index in [0.29, 0.717) is 6.42 Å². The predicted molar refractivity (Wildman–Crippen MR) is 71.6 cm³/mol. The van der Waals surface area contributed by atoms with Crippen LogP contribution in [0.25, 0.3) is 0 Å². The van der Waals surface area contributed by atoms with Crippen LogP contribution in [0.15, 0.2) is 24.3 Å². The Morgan fingerprint density at radius 1 is 1.21 bits per heavy atom. The summed E-state index contributed by atoms with van der Waals surface area (Å²) >= 11 is 0. The highest BCUT2D eigenvalue weighted by molar-refractivity contribution is 5.95. The molecule has 0 spiro atoms. The lowest BCUT2D eigenvalue weighted by Crippen LogP contribution is -2.60. The Morgan fingerprint density at radius 3 is 2.42 bits per heavy atom. The fourth-order valence-electron chi connectivity index (χ4n) is 3.08. The highest BCUT2D eigenvalue weighted by Crippen LogP contribution is 2.26. The predicted octanol–water partition coefficient (Wildman–Crippen LogP) is 0.891. The fraction of sp³-hybridized carbons (Fsp3) is 0.467. The van der Waals surface area contributed by atoms with Gasteiger partial charge in [0.1, 0.15) is 6.04 Å². The first-order valence-corrected chi connectivity index (χ1v) is 6.85. The van der Waals surface area contributed by atoms with Gasteiger partial charge in [-0.3, -0.25) is 9.59 Å². The van der Waals surface area contributed by atoms with Crippen LogP contribution in [0.2, 0.25) is 0 Å². The molecule has 1 aliphatic carbocycles. The van der Waals surface area contributed by atoms with Crippen molar-refractivity contribution in [3.8, 4) is 0 Å². The zero-order valence-electron chi connectivity index (χ0n) is 11.1. The van der Waals surface area contributed by atoms with Crippen LogP contribution in [-0.4, -0.2) is 35.3 Å². The van der Waals surface area contributed by atoms with Crippen molar-refractivity contribution in [3.05, 3.63) is 35.4 Å². The van der Waals surface area contributed by atoms with Crippen LogP contribution in [0.3, 0.4) is 0 Å². The third-order valence-electron chi connectivity index (χ3n) is 4.11. The second-order valence-corrected chi connectivity index (χ2v) is 5.33. The molecule has 2 amide bonds. The Hall–Kier alpha value is -1.84. The number of hydrogen-bond acceptors (Lipinski definition) is 2. The van der Waals surface area contributed by atoms with Crippen LogP contribution in [0.1, 0.15) is 24.5 Å². The van der Waals surface area contributed by atoms with E-state index >= 15 is 0 Å². The van der Waals surface area contributed by atoms with Gasteiger partial charge in [-0.15, -0.1) is 0 Å². The van der Waals surface area contributed by atoms with Gasteiger partial charge in [-0.1, -0.05) is 31.2 Å². The number of benzene rings is 1. The van der Waals surface area contributed by atoms with Crippen LogP contribution in [-0.2, 0) is 22.4 Å². The summed E-state index contributed by atoms with van der Waals surface area (Å²) < 4.78 is 0. The number of amides is 2. The van der Waals surface area contributed by atoms with Gasteiger partial charge >= 0.3 is 0 Å². The first kappa shape index (κ1) is 12.2. The summed E-state index contributed by atoms with van der Waals surface area (Å²) in [6.07, 6.45) is 2.39. The van der Waals surface area contributed by atoms with Crippen LogP contribution in [0.4, 0.5) is 0 Å². The van der Waals surface area contributed by atoms with Gasteiger partial charge in [0.15, 0.2) is 0 Å². The molecule has 4 heteroatoms. The second kappa shape index (κ2) is 4.68. The van der Waals surface area contributed by atoms with E-state index in [1.807, 2.05) is 19.1 Å². The summed E-state index contributed by atoms with van der Waals surface area (Å²) in [7, 11) is 0. The molecule has 0 radical (unpaired) electrons. The molecule has 3 rings (SSSR count). The normalized spacial score (nSPS) is 23.4. The van der Waals surface area contributed by atoms with Gasteiger partial charge in [-0.25, -0.2) is 0 Å². The lowest BCUT2D eigenvalue weighted by Gasteiger charge is -2.36. The fourth-order valence-corrected chi connectivity index (χ4v) is 3.08. The summed E-state index contributed by atoms with van der Waals surface area (Å²) in [6, 6.07) is 8.08. The smallest absolute Gasteiger partial charge is 0.245 e. The maximum Gasteiger partial charge on any atom is 0.245 e. The molecule has 0 bridgehead atoms. The number of nitrogens with one attached hydrogen (secondary N) is 1. The maximum atomic E-state index is 12.4. The third-order valence-corrected chi connectivity index (χ3v) is 4.11. The van der Waals surface area contributed by atoms with Crippen molar-refractivity contribution >= 4 is 11.8 Å². The summed E-state index contributed by atoms with van der Waals surface area (Å²) in [5, 5.41) is 2.76. The monoisotopic (exact) mass is 258 g/mol. The average molecular weight is 258 g/mol. The summed E-state index contributed by atoms with van der Waals surface area (Å²) in [6.45, 7) is 2.13. The quantitative estimate of drug-likeness (QED) is 0.856. The average Bonchev–Trinajstić information content (AvgIpc) is 2.84. The minimum Gasteiger partial charge on any atom is -0.343 e. The highest BCUT2D eigenvalue weighted by Gasteiger charge is 2.37. The lowest BCUT2D eigenvalue weighted by molar-refractivity contribution is -0.146. The van der Waals surface area contributed by atoms with E-state index in [1.54, 1.807) is 4.90 Å². The summed E-state index contributed by atoms with van der Waals surface area (Å²) in [5.41, 5.74) is 2.61. The summed E-state index contributed by atoms with van der Waals surface area (Å²) in [4.78, 5) is 25.8. The van der Waals surface area contributed by atoms with Crippen LogP contribution in [0.5, 0.6) is 0 Å². The molecule has 1 aromatic carbocycles. The van der Waals surface area contributed by atoms with Crippen molar-refractivity contribution in [2.75, 3.05) is 6.54 Å². The number of nitrogens with zero attached hydrogens (tertiary/aromatic N) is 1. The number of hydrogen-bond donors (Lipinski definition) is 1. The lowest BCUT2D eigenvalue weighted by atomic mass is 10.1. The topological polar surface area (TPSA) is 49.4 Å². The van der Waals surface area contributed by atoms with Crippen LogP contribution in [0, 0.1) is 0 Å². The summed E-state index contributed by atoms with van der Waals surface area (Å²) in [5.74, 6) is 0.0299. The zero-order chi connectivity index (χ0) is 13.4. The van der Waals surface area contributed by atoms with Crippen LogP contribution < -0.4 is 5.32 Å². The molecule has 100 valence electrons. The largest absolute Gasteiger partial charge is 0.343 e. The molecule has 1 atom stereocenters. The molecular weight excluding hydrogens is 240 g/mol. The Balaban J connectivity index is 1.80. The second-order valence-electron chi connectivity index (χ2n) is 5.33. The third kappa shape index (κ3) is 2.11. The van der Waals surface area contributed by atoms with E-state index in [9.17, 15) is 9.59 Å². The SMILES string of the molecule is CCC1NC(=O)CN(C2Cc3ccccc3C2)C1=O. The highest BCUT2D eigenvalue weighted by atomic mass is 16.2. The van der Waals surface area contributed by atoms with Gasteiger partial charge in [-0.2, -0.15) is 0 Å². The molecule has 19 heavy (non-hydrogen) atoms. The zero-order valence-corrected chi connectivity index (χ0v) is 11.1. The van der Waals surface area contributed by atoms with E-state index in [0.717, 1.165) is 12.8 Å². The van der Waals surface area contributed by atoms with Crippen molar-refractivity contribution < 1.29 is 9.59 Å². The number of carbonyl (C=O) groups excluding carboxylic acids is 2. The minimum absolute atomic E-state index is 0.0394. The number of fused-ring (bicyclic) bond motifs is 1. The molecular formula is C15H18N2O2. The van der Waals surface area contributed by atoms with Gasteiger partial charge < -0.3 is 10.2 Å². The first-order chi connectivity index (χ1) is 9.19. The Morgan fingerprint density at radius 2 is 1.84 bits per heavy atom. The molecule has 1 aromatic rings. The molecule has 1 fully saturated rings. The molecule has 1 heterocycles. The van der Waals surface area contributed by atoms with Gasteiger partial charge in [0.05, 0.1) is 6.54 Å². The van der Waals surface area contributed by atoms with Crippen LogP contribution >= 0.6 is 0 Å². The molecule has 1 unspecified atom stereocenters. The standard InChI is InChI=1S/C15H18N2O2/c1-2-13-15(19)17(9-14(18)16-13)12-7-10-5-3-4-6-11(10)8-12/h3-6,12-13H,2,7-9H2,1H3,(H,16,18). The van der Waals surface area contributed by atoms with Gasteiger partial charge in [0.2, 0.25) is 11.8 Å². The molecule has 0 saturated carbocycles. The van der Waals surface area contributed by atoms with Gasteiger partial charge in [0, 0.05) is 6.04 Å². The number of piperazine rings is 1. The van der Waals surface area contributed by atoms with E-state index in [-0.39, 0.29) is 30.4 Å². The molecule has 1 N–H and O–H groups in total. The molecule has 0 aromatic heterocycles. The molecule has 1 aliphatic heterocycles. The minimum atomic E-state index is -0.343. The van der Waals surface area contributed by atoms with Crippen molar-refractivity contribution in [1.29, 1.82) is 0 Å². The van der Waals surface area contributed by atoms with E-state index < -0.39 is 0 Å². The maximum absolute atomic E-state index is 12.4. The molecule has 1 saturated heterocycles. The Bertz CT molecular complexity index is 502. The number of rotatable bonds is 2. The van der Waals surface area contributed by atoms with E-state index in [2.05, 4.69) is 17.4 Å². The number of carbonyl (C=O) groups is 2. The van der Waals surface area contributed by atoms with Gasteiger partial charge in [-0.05, 0) is 30.4 Å². The Kier molecular flexibility index (Phi) is 3.01. The van der Waals surface area contributed by atoms with E-state index in [1.165, 1.54) is 11.1 Å². The molecule has 2 aliphatic rings. The van der Waals surface area contributed by atoms with Crippen molar-refractivity contribution in [2.45, 2.75) is 38.3 Å². The van der Waals surface area contributed by atoms with Crippen molar-refractivity contribution in [2.24, 2.45) is 0 Å². The van der Waals surface area contributed by atoms with Crippen molar-refractivity contribution in [1.82, 2.24) is 10.2 Å². The molecule has 4 nitrogen and oxygen atoms in total. The van der Waals surface area contributed by atoms with E-state index in [4.69, 9.17) is 0 Å². The first-order valence-electron chi connectivity index (χ1n) is 6.85. The van der Waals surface area contributed by atoms with Gasteiger partial charge in [0.25, 0.3) is 0 Å². The van der Waals surface area contributed by atoms with Crippen molar-refractivity contribution in [3.63, 3.8) is 0 Å².